The molecule has 2 aromatic carbocycles. The molecule has 0 spiro atoms. The zero-order chi connectivity index (χ0) is 28.0. The number of alkyl halides is 3. The minimum absolute atomic E-state index is 0.0800. The van der Waals surface area contributed by atoms with E-state index in [1.807, 2.05) is 6.92 Å². The van der Waals surface area contributed by atoms with Crippen molar-refractivity contribution in [1.82, 2.24) is 10.2 Å². The molecule has 3 aromatic rings. The lowest BCUT2D eigenvalue weighted by molar-refractivity contribution is -0.138. The van der Waals surface area contributed by atoms with Crippen LogP contribution in [0.2, 0.25) is 0 Å². The molecule has 1 amide bonds. The van der Waals surface area contributed by atoms with Crippen LogP contribution < -0.4 is 15.0 Å². The van der Waals surface area contributed by atoms with Crippen molar-refractivity contribution in [1.29, 1.82) is 0 Å². The van der Waals surface area contributed by atoms with Crippen LogP contribution in [-0.2, 0) is 11.0 Å². The average Bonchev–Trinajstić information content (AvgIpc) is 2.92. The molecule has 1 saturated heterocycles. The number of thioether (sulfide) groups is 1. The number of hydrogen-bond acceptors (Lipinski definition) is 6. The van der Waals surface area contributed by atoms with E-state index in [9.17, 15) is 18.0 Å². The van der Waals surface area contributed by atoms with Crippen molar-refractivity contribution in [2.45, 2.75) is 32.9 Å². The van der Waals surface area contributed by atoms with Crippen molar-refractivity contribution >= 4 is 33.9 Å². The molecule has 1 fully saturated rings. The molecule has 6 nitrogen and oxygen atoms in total. The first kappa shape index (κ1) is 28.2. The summed E-state index contributed by atoms with van der Waals surface area (Å²) in [7, 11) is 0. The highest BCUT2D eigenvalue weighted by Crippen LogP contribution is 2.48. The molecule has 0 radical (unpaired) electrons. The Balaban J connectivity index is 1.68. The Morgan fingerprint density at radius 2 is 1.95 bits per heavy atom. The molecule has 0 bridgehead atoms. The van der Waals surface area contributed by atoms with E-state index in [4.69, 9.17) is 4.74 Å². The van der Waals surface area contributed by atoms with Crippen molar-refractivity contribution in [2.24, 2.45) is 5.92 Å². The van der Waals surface area contributed by atoms with E-state index in [-0.39, 0.29) is 28.8 Å². The van der Waals surface area contributed by atoms with Crippen molar-refractivity contribution < 1.29 is 22.7 Å². The van der Waals surface area contributed by atoms with Crippen molar-refractivity contribution in [2.75, 3.05) is 23.3 Å². The minimum atomic E-state index is -4.72. The van der Waals surface area contributed by atoms with E-state index in [2.05, 4.69) is 22.1 Å². The summed E-state index contributed by atoms with van der Waals surface area (Å²) in [6, 6.07) is 12.8. The first-order valence-corrected chi connectivity index (χ1v) is 13.3. The predicted octanol–water partition coefficient (Wildman–Crippen LogP) is 7.77. The Kier molecular flexibility index (Phi) is 8.96. The van der Waals surface area contributed by atoms with Gasteiger partial charge in [-0.15, -0.1) is 0 Å². The second-order valence-corrected chi connectivity index (χ2v) is 10.3. The van der Waals surface area contributed by atoms with Gasteiger partial charge in [0.05, 0.1) is 23.8 Å². The standard InChI is InChI=1S/C29H29F3N4O2S/c1-19-8-7-15-36(17-19)27-24(35-28(37)20(2)18-39-21(3)22-13-14-33-34-16-22)11-12-25(26(27)29(30,31)32)38-23-9-5-4-6-10-23/h4-6,9-14,16,18-19H,3,7-8,15,17H2,1-2H3,(H,35,37)/b20-18+/t19-/m0/s1. The smallest absolute Gasteiger partial charge is 0.422 e. The Hall–Kier alpha value is -3.79. The van der Waals surface area contributed by atoms with Gasteiger partial charge in [0.25, 0.3) is 5.91 Å². The molecule has 0 saturated carbocycles. The highest BCUT2D eigenvalue weighted by atomic mass is 32.2. The molecule has 39 heavy (non-hydrogen) atoms. The number of anilines is 2. The molecule has 4 rings (SSSR count). The molecule has 1 N–H and O–H groups in total. The monoisotopic (exact) mass is 554 g/mol. The molecule has 1 atom stereocenters. The van der Waals surface area contributed by atoms with Crippen molar-refractivity contribution in [3.05, 3.63) is 89.6 Å². The summed E-state index contributed by atoms with van der Waals surface area (Å²) in [6.45, 7) is 8.46. The van der Waals surface area contributed by atoms with Gasteiger partial charge >= 0.3 is 6.18 Å². The predicted molar refractivity (Wildman–Crippen MR) is 150 cm³/mol. The van der Waals surface area contributed by atoms with Crippen LogP contribution in [0.5, 0.6) is 11.5 Å². The quantitative estimate of drug-likeness (QED) is 0.287. The number of rotatable bonds is 8. The molecule has 204 valence electrons. The zero-order valence-corrected chi connectivity index (χ0v) is 22.5. The number of para-hydroxylation sites is 1. The number of nitrogens with one attached hydrogen (secondary N) is 1. The van der Waals surface area contributed by atoms with E-state index in [0.29, 0.717) is 23.6 Å². The molecule has 2 heterocycles. The maximum atomic E-state index is 14.7. The fourth-order valence-corrected chi connectivity index (χ4v) is 5.01. The third kappa shape index (κ3) is 7.20. The van der Waals surface area contributed by atoms with E-state index in [1.165, 1.54) is 30.1 Å². The van der Waals surface area contributed by atoms with Crippen LogP contribution in [-0.4, -0.2) is 29.2 Å². The third-order valence-electron chi connectivity index (χ3n) is 6.26. The van der Waals surface area contributed by atoms with E-state index in [1.54, 1.807) is 59.8 Å². The van der Waals surface area contributed by atoms with Gasteiger partial charge in [-0.1, -0.05) is 43.5 Å². The van der Waals surface area contributed by atoms with E-state index in [0.717, 1.165) is 18.4 Å². The summed E-state index contributed by atoms with van der Waals surface area (Å²) < 4.78 is 49.7. The first-order valence-electron chi connectivity index (χ1n) is 12.5. The van der Waals surface area contributed by atoms with Gasteiger partial charge in [-0.2, -0.15) is 23.4 Å². The molecule has 10 heteroatoms. The van der Waals surface area contributed by atoms with Crippen LogP contribution in [0, 0.1) is 5.92 Å². The number of piperidine rings is 1. The SMILES string of the molecule is C=C(S/C=C(\C)C(=O)Nc1ccc(Oc2ccccc2)c(C(F)(F)F)c1N1CCC[C@H](C)C1)c1ccnnc1. The Labute approximate surface area is 230 Å². The highest BCUT2D eigenvalue weighted by Gasteiger charge is 2.41. The maximum Gasteiger partial charge on any atom is 0.422 e. The van der Waals surface area contributed by atoms with E-state index < -0.39 is 17.6 Å². The molecule has 1 aliphatic heterocycles. The van der Waals surface area contributed by atoms with Crippen LogP contribution in [0.25, 0.3) is 4.91 Å². The number of carbonyl (C=O) groups is 1. The lowest BCUT2D eigenvalue weighted by atomic mass is 9.97. The normalized spacial score (nSPS) is 16.1. The molecular weight excluding hydrogens is 525 g/mol. The Morgan fingerprint density at radius 1 is 1.18 bits per heavy atom. The first-order chi connectivity index (χ1) is 18.6. The molecule has 0 unspecified atom stereocenters. The number of halogens is 3. The molecule has 1 aromatic heterocycles. The summed E-state index contributed by atoms with van der Waals surface area (Å²) in [5.74, 6) is -0.337. The second kappa shape index (κ2) is 12.4. The van der Waals surface area contributed by atoms with Crippen molar-refractivity contribution in [3.8, 4) is 11.5 Å². The van der Waals surface area contributed by atoms with Crippen LogP contribution >= 0.6 is 11.8 Å². The Morgan fingerprint density at radius 3 is 2.62 bits per heavy atom. The van der Waals surface area contributed by atoms with Gasteiger partial charge in [-0.25, -0.2) is 0 Å². The number of benzene rings is 2. The minimum Gasteiger partial charge on any atom is -0.457 e. The summed E-state index contributed by atoms with van der Waals surface area (Å²) in [4.78, 5) is 15.5. The maximum absolute atomic E-state index is 14.7. The van der Waals surface area contributed by atoms with Gasteiger partial charge in [-0.05, 0) is 61.4 Å². The summed E-state index contributed by atoms with van der Waals surface area (Å²) >= 11 is 1.22. The third-order valence-corrected chi connectivity index (χ3v) is 7.25. The summed E-state index contributed by atoms with van der Waals surface area (Å²) in [6.07, 6.45) is 0.0454. The number of ether oxygens (including phenoxy) is 1. The average molecular weight is 555 g/mol. The Bertz CT molecular complexity index is 1350. The van der Waals surface area contributed by atoms with Gasteiger partial charge in [0.2, 0.25) is 0 Å². The summed E-state index contributed by atoms with van der Waals surface area (Å²) in [5, 5.41) is 11.9. The topological polar surface area (TPSA) is 67.3 Å². The number of aromatic nitrogens is 2. The fraction of sp³-hybridized carbons (Fsp3) is 0.276. The lowest BCUT2D eigenvalue weighted by Gasteiger charge is -2.36. The second-order valence-electron chi connectivity index (χ2n) is 9.37. The van der Waals surface area contributed by atoms with Crippen LogP contribution in [0.1, 0.15) is 37.8 Å². The van der Waals surface area contributed by atoms with E-state index >= 15 is 0 Å². The largest absolute Gasteiger partial charge is 0.457 e. The van der Waals surface area contributed by atoms with Gasteiger partial charge in [0.1, 0.15) is 17.1 Å². The van der Waals surface area contributed by atoms with Gasteiger partial charge in [-0.3, -0.25) is 4.79 Å². The van der Waals surface area contributed by atoms with Gasteiger partial charge in [0, 0.05) is 29.1 Å². The summed E-state index contributed by atoms with van der Waals surface area (Å²) in [5.41, 5.74) is 0.164. The number of hydrogen-bond donors (Lipinski definition) is 1. The number of nitrogens with zero attached hydrogens (tertiary/aromatic N) is 3. The van der Waals surface area contributed by atoms with Gasteiger partial charge < -0.3 is 15.0 Å². The van der Waals surface area contributed by atoms with Crippen LogP contribution in [0.4, 0.5) is 24.5 Å². The number of carbonyl (C=O) groups excluding carboxylic acids is 1. The van der Waals surface area contributed by atoms with Crippen LogP contribution in [0.3, 0.4) is 0 Å². The molecular formula is C29H29F3N4O2S. The van der Waals surface area contributed by atoms with Crippen LogP contribution in [0.15, 0.2) is 78.5 Å². The number of amides is 1. The van der Waals surface area contributed by atoms with Gasteiger partial charge in [0.15, 0.2) is 0 Å². The fourth-order valence-electron chi connectivity index (χ4n) is 4.33. The zero-order valence-electron chi connectivity index (χ0n) is 21.7. The lowest BCUT2D eigenvalue weighted by Crippen LogP contribution is -2.36. The molecule has 1 aliphatic rings. The van der Waals surface area contributed by atoms with Crippen molar-refractivity contribution in [3.63, 3.8) is 0 Å². The molecule has 0 aliphatic carbocycles. The highest BCUT2D eigenvalue weighted by molar-refractivity contribution is 8.10.